The first-order valence-electron chi connectivity index (χ1n) is 5.47. The third-order valence-electron chi connectivity index (χ3n) is 1.90. The van der Waals surface area contributed by atoms with Crippen LogP contribution in [0.15, 0.2) is 24.8 Å². The topological polar surface area (TPSA) is 55.5 Å². The third kappa shape index (κ3) is 4.36. The normalized spacial score (nSPS) is 9.00. The van der Waals surface area contributed by atoms with Crippen molar-refractivity contribution in [2.24, 2.45) is 5.73 Å². The van der Waals surface area contributed by atoms with Crippen molar-refractivity contribution in [2.75, 3.05) is 13.2 Å². The fourth-order valence-corrected chi connectivity index (χ4v) is 1.23. The number of aliphatic hydroxyl groups excluding tert-OH is 1. The molecule has 0 heterocycles. The van der Waals surface area contributed by atoms with E-state index in [1.54, 1.807) is 12.1 Å². The van der Waals surface area contributed by atoms with Gasteiger partial charge in [-0.1, -0.05) is 20.4 Å². The number of hydrogen-bond acceptors (Lipinski definition) is 3. The van der Waals surface area contributed by atoms with Crippen molar-refractivity contribution in [1.29, 1.82) is 0 Å². The first kappa shape index (κ1) is 14.5. The van der Waals surface area contributed by atoms with Crippen molar-refractivity contribution < 1.29 is 9.84 Å². The minimum Gasteiger partial charge on any atom is -0.508 e. The molecule has 0 saturated heterocycles. The number of ether oxygens (including phenoxy) is 1. The minimum atomic E-state index is 0.0767. The highest BCUT2D eigenvalue weighted by Crippen LogP contribution is 2.20. The number of aryl methyl sites for hydroxylation is 1. The summed E-state index contributed by atoms with van der Waals surface area (Å²) in [6.07, 6.45) is 0. The standard InChI is InChI=1S/C11H15NO2.C2H6/c1-8-7-10(14-6-5-12)3-4-11(8)9(2)13;1-2/h3-4,7,13H,2,5-6,12H2,1H3;1-2H3. The molecule has 0 fully saturated rings. The van der Waals surface area contributed by atoms with Crippen LogP contribution in [0.1, 0.15) is 25.0 Å². The van der Waals surface area contributed by atoms with Gasteiger partial charge in [-0.05, 0) is 30.7 Å². The lowest BCUT2D eigenvalue weighted by molar-refractivity contribution is 0.328. The van der Waals surface area contributed by atoms with E-state index in [4.69, 9.17) is 10.5 Å². The third-order valence-corrected chi connectivity index (χ3v) is 1.90. The van der Waals surface area contributed by atoms with Crippen LogP contribution in [0.5, 0.6) is 5.75 Å². The summed E-state index contributed by atoms with van der Waals surface area (Å²) in [6.45, 7) is 10.4. The summed E-state index contributed by atoms with van der Waals surface area (Å²) < 4.78 is 5.33. The summed E-state index contributed by atoms with van der Waals surface area (Å²) in [5.74, 6) is 0.839. The van der Waals surface area contributed by atoms with Crippen LogP contribution in [-0.4, -0.2) is 18.3 Å². The molecule has 0 atom stereocenters. The Morgan fingerprint density at radius 3 is 2.50 bits per heavy atom. The van der Waals surface area contributed by atoms with Crippen molar-refractivity contribution >= 4 is 5.76 Å². The Balaban J connectivity index is 0.00000106. The largest absolute Gasteiger partial charge is 0.508 e. The van der Waals surface area contributed by atoms with Crippen molar-refractivity contribution in [2.45, 2.75) is 20.8 Å². The second kappa shape index (κ2) is 7.77. The average molecular weight is 223 g/mol. The summed E-state index contributed by atoms with van der Waals surface area (Å²) in [7, 11) is 0. The fourth-order valence-electron chi connectivity index (χ4n) is 1.23. The van der Waals surface area contributed by atoms with Crippen LogP contribution >= 0.6 is 0 Å². The number of rotatable bonds is 4. The Labute approximate surface area is 97.5 Å². The molecule has 1 aromatic carbocycles. The van der Waals surface area contributed by atoms with Gasteiger partial charge in [-0.2, -0.15) is 0 Å². The molecule has 0 bridgehead atoms. The van der Waals surface area contributed by atoms with E-state index in [2.05, 4.69) is 6.58 Å². The molecule has 0 aromatic heterocycles. The molecular formula is C13H21NO2. The molecule has 0 aliphatic carbocycles. The smallest absolute Gasteiger partial charge is 0.119 e. The van der Waals surface area contributed by atoms with Crippen LogP contribution in [0, 0.1) is 6.92 Å². The molecule has 16 heavy (non-hydrogen) atoms. The van der Waals surface area contributed by atoms with Crippen LogP contribution in [0.3, 0.4) is 0 Å². The van der Waals surface area contributed by atoms with Gasteiger partial charge in [0.2, 0.25) is 0 Å². The second-order valence-corrected chi connectivity index (χ2v) is 3.06. The van der Waals surface area contributed by atoms with Gasteiger partial charge >= 0.3 is 0 Å². The molecule has 3 heteroatoms. The first-order valence-corrected chi connectivity index (χ1v) is 5.47. The van der Waals surface area contributed by atoms with E-state index in [-0.39, 0.29) is 5.76 Å². The summed E-state index contributed by atoms with van der Waals surface area (Å²) >= 11 is 0. The van der Waals surface area contributed by atoms with Crippen LogP contribution in [0.2, 0.25) is 0 Å². The Morgan fingerprint density at radius 2 is 2.06 bits per heavy atom. The molecule has 3 N–H and O–H groups in total. The van der Waals surface area contributed by atoms with E-state index in [1.807, 2.05) is 26.8 Å². The molecule has 0 aliphatic rings. The molecule has 0 radical (unpaired) electrons. The predicted octanol–water partition coefficient (Wildman–Crippen LogP) is 2.89. The number of nitrogens with two attached hydrogens (primary N) is 1. The quantitative estimate of drug-likeness (QED) is 0.772. The predicted molar refractivity (Wildman–Crippen MR) is 68.7 cm³/mol. The second-order valence-electron chi connectivity index (χ2n) is 3.06. The van der Waals surface area contributed by atoms with Gasteiger partial charge in [0.15, 0.2) is 0 Å². The maximum atomic E-state index is 9.22. The van der Waals surface area contributed by atoms with E-state index in [9.17, 15) is 5.11 Å². The summed E-state index contributed by atoms with van der Waals surface area (Å²) in [6, 6.07) is 5.43. The molecule has 1 aromatic rings. The van der Waals surface area contributed by atoms with Gasteiger partial charge in [-0.25, -0.2) is 0 Å². The first-order chi connectivity index (χ1) is 7.65. The summed E-state index contributed by atoms with van der Waals surface area (Å²) in [5.41, 5.74) is 6.99. The molecule has 0 spiro atoms. The van der Waals surface area contributed by atoms with Crippen LogP contribution in [-0.2, 0) is 0 Å². The highest BCUT2D eigenvalue weighted by molar-refractivity contribution is 5.60. The SMILES string of the molecule is C=C(O)c1ccc(OCCN)cc1C.CC. The highest BCUT2D eigenvalue weighted by Gasteiger charge is 2.02. The zero-order valence-corrected chi connectivity index (χ0v) is 10.3. The fraction of sp³-hybridized carbons (Fsp3) is 0.385. The van der Waals surface area contributed by atoms with Gasteiger partial charge in [-0.15, -0.1) is 0 Å². The number of hydrogen-bond donors (Lipinski definition) is 2. The lowest BCUT2D eigenvalue weighted by Gasteiger charge is -2.08. The zero-order chi connectivity index (χ0) is 12.6. The van der Waals surface area contributed by atoms with Crippen LogP contribution < -0.4 is 10.5 Å². The summed E-state index contributed by atoms with van der Waals surface area (Å²) in [5, 5.41) is 9.22. The van der Waals surface area contributed by atoms with Crippen molar-refractivity contribution in [3.05, 3.63) is 35.9 Å². The molecule has 1 rings (SSSR count). The summed E-state index contributed by atoms with van der Waals surface area (Å²) in [4.78, 5) is 0. The van der Waals surface area contributed by atoms with Gasteiger partial charge in [0, 0.05) is 12.1 Å². The molecule has 0 unspecified atom stereocenters. The maximum absolute atomic E-state index is 9.22. The van der Waals surface area contributed by atoms with E-state index in [0.717, 1.165) is 16.9 Å². The highest BCUT2D eigenvalue weighted by atomic mass is 16.5. The van der Waals surface area contributed by atoms with Crippen LogP contribution in [0.4, 0.5) is 0 Å². The van der Waals surface area contributed by atoms with Gasteiger partial charge < -0.3 is 15.6 Å². The van der Waals surface area contributed by atoms with E-state index in [0.29, 0.717) is 13.2 Å². The minimum absolute atomic E-state index is 0.0767. The lowest BCUT2D eigenvalue weighted by atomic mass is 10.1. The van der Waals surface area contributed by atoms with E-state index < -0.39 is 0 Å². The van der Waals surface area contributed by atoms with Gasteiger partial charge in [0.1, 0.15) is 18.1 Å². The van der Waals surface area contributed by atoms with Gasteiger partial charge in [-0.3, -0.25) is 0 Å². The van der Waals surface area contributed by atoms with Gasteiger partial charge in [0.05, 0.1) is 0 Å². The lowest BCUT2D eigenvalue weighted by Crippen LogP contribution is -2.10. The van der Waals surface area contributed by atoms with Crippen molar-refractivity contribution in [3.63, 3.8) is 0 Å². The Bertz CT molecular complexity index is 335. The molecule has 90 valence electrons. The van der Waals surface area contributed by atoms with E-state index >= 15 is 0 Å². The maximum Gasteiger partial charge on any atom is 0.119 e. The van der Waals surface area contributed by atoms with Crippen molar-refractivity contribution in [1.82, 2.24) is 0 Å². The van der Waals surface area contributed by atoms with Crippen LogP contribution in [0.25, 0.3) is 5.76 Å². The monoisotopic (exact) mass is 223 g/mol. The Hall–Kier alpha value is -1.48. The van der Waals surface area contributed by atoms with Gasteiger partial charge in [0.25, 0.3) is 0 Å². The molecule has 3 nitrogen and oxygen atoms in total. The average Bonchev–Trinajstić information content (AvgIpc) is 2.28. The molecule has 0 saturated carbocycles. The molecule has 0 aliphatic heterocycles. The Morgan fingerprint density at radius 1 is 1.44 bits per heavy atom. The zero-order valence-electron chi connectivity index (χ0n) is 10.3. The number of benzene rings is 1. The number of aliphatic hydroxyl groups is 1. The molecule has 0 amide bonds. The van der Waals surface area contributed by atoms with Crippen molar-refractivity contribution in [3.8, 4) is 5.75 Å². The Kier molecular flexibility index (Phi) is 7.05. The molecular weight excluding hydrogens is 202 g/mol. The van der Waals surface area contributed by atoms with E-state index in [1.165, 1.54) is 0 Å².